The minimum atomic E-state index is -0.189. The molecule has 3 nitrogen and oxygen atoms in total. The van der Waals surface area contributed by atoms with Crippen molar-refractivity contribution in [3.05, 3.63) is 54.6 Å². The highest BCUT2D eigenvalue weighted by Gasteiger charge is 2.11. The Morgan fingerprint density at radius 1 is 1.22 bits per heavy atom. The Morgan fingerprint density at radius 3 is 2.72 bits per heavy atom. The number of hydrogen-bond acceptors (Lipinski definition) is 2. The van der Waals surface area contributed by atoms with Crippen LogP contribution in [0.1, 0.15) is 10.4 Å². The van der Waals surface area contributed by atoms with Crippen LogP contribution in [0, 0.1) is 3.57 Å². The van der Waals surface area contributed by atoms with Gasteiger partial charge in [0.1, 0.15) is 5.82 Å². The molecule has 0 bridgehead atoms. The maximum absolute atomic E-state index is 12.1. The van der Waals surface area contributed by atoms with Gasteiger partial charge in [-0.25, -0.2) is 4.98 Å². The Hall–Kier alpha value is -0.470. The molecular formula is C12H7Br2IN2O. The largest absolute Gasteiger partial charge is 0.306 e. The lowest BCUT2D eigenvalue weighted by Gasteiger charge is -2.07. The van der Waals surface area contributed by atoms with E-state index in [1.165, 1.54) is 0 Å². The molecule has 1 amide bonds. The summed E-state index contributed by atoms with van der Waals surface area (Å²) in [7, 11) is 0. The molecule has 0 spiro atoms. The summed E-state index contributed by atoms with van der Waals surface area (Å²) in [6, 6.07) is 9.15. The summed E-state index contributed by atoms with van der Waals surface area (Å²) in [4.78, 5) is 16.2. The zero-order valence-electron chi connectivity index (χ0n) is 8.95. The van der Waals surface area contributed by atoms with Crippen molar-refractivity contribution < 1.29 is 4.79 Å². The maximum atomic E-state index is 12.1. The van der Waals surface area contributed by atoms with Gasteiger partial charge in [0.15, 0.2) is 0 Å². The Balaban J connectivity index is 2.24. The van der Waals surface area contributed by atoms with Crippen molar-refractivity contribution >= 4 is 66.2 Å². The third-order valence-corrected chi connectivity index (χ3v) is 3.99. The second kappa shape index (κ2) is 6.12. The number of pyridine rings is 1. The smallest absolute Gasteiger partial charge is 0.257 e. The van der Waals surface area contributed by atoms with Crippen molar-refractivity contribution in [1.29, 1.82) is 0 Å². The summed E-state index contributed by atoms with van der Waals surface area (Å²) >= 11 is 8.87. The molecule has 0 aliphatic heterocycles. The summed E-state index contributed by atoms with van der Waals surface area (Å²) in [6.07, 6.45) is 1.63. The van der Waals surface area contributed by atoms with Crippen molar-refractivity contribution in [3.8, 4) is 0 Å². The van der Waals surface area contributed by atoms with Crippen LogP contribution in [0.5, 0.6) is 0 Å². The number of hydrogen-bond donors (Lipinski definition) is 1. The fourth-order valence-electron chi connectivity index (χ4n) is 1.33. The SMILES string of the molecule is O=C(Nc1cc(Br)ccn1)c1cc(I)ccc1Br. The van der Waals surface area contributed by atoms with Gasteiger partial charge in [0.05, 0.1) is 5.56 Å². The third kappa shape index (κ3) is 3.52. The van der Waals surface area contributed by atoms with E-state index in [9.17, 15) is 4.79 Å². The lowest BCUT2D eigenvalue weighted by molar-refractivity contribution is 0.102. The Kier molecular flexibility index (Phi) is 4.74. The van der Waals surface area contributed by atoms with Crippen LogP contribution >= 0.6 is 54.5 Å². The average molecular weight is 482 g/mol. The van der Waals surface area contributed by atoms with Crippen LogP contribution in [0.25, 0.3) is 0 Å². The molecule has 1 aromatic carbocycles. The van der Waals surface area contributed by atoms with E-state index in [0.717, 1.165) is 12.5 Å². The second-order valence-corrected chi connectivity index (χ2v) is 6.45. The molecule has 0 aliphatic rings. The van der Waals surface area contributed by atoms with Crippen molar-refractivity contribution in [3.63, 3.8) is 0 Å². The van der Waals surface area contributed by atoms with Gasteiger partial charge in [-0.05, 0) is 68.9 Å². The molecule has 92 valence electrons. The van der Waals surface area contributed by atoms with Crippen molar-refractivity contribution in [2.24, 2.45) is 0 Å². The van der Waals surface area contributed by atoms with Crippen LogP contribution in [-0.2, 0) is 0 Å². The van der Waals surface area contributed by atoms with Crippen LogP contribution in [0.3, 0.4) is 0 Å². The molecule has 0 saturated carbocycles. The van der Waals surface area contributed by atoms with E-state index in [1.54, 1.807) is 18.3 Å². The fourth-order valence-corrected chi connectivity index (χ4v) is 2.58. The van der Waals surface area contributed by atoms with Gasteiger partial charge in [0, 0.05) is 18.7 Å². The molecule has 1 heterocycles. The third-order valence-electron chi connectivity index (χ3n) is 2.14. The van der Waals surface area contributed by atoms with Gasteiger partial charge in [0.2, 0.25) is 0 Å². The molecule has 0 fully saturated rings. The number of carbonyl (C=O) groups is 1. The lowest BCUT2D eigenvalue weighted by atomic mass is 10.2. The molecule has 18 heavy (non-hydrogen) atoms. The fraction of sp³-hybridized carbons (Fsp3) is 0. The number of carbonyl (C=O) groups excluding carboxylic acids is 1. The van der Waals surface area contributed by atoms with E-state index in [1.807, 2.05) is 18.2 Å². The summed E-state index contributed by atoms with van der Waals surface area (Å²) in [5.74, 6) is 0.325. The Morgan fingerprint density at radius 2 is 2.00 bits per heavy atom. The molecule has 0 atom stereocenters. The van der Waals surface area contributed by atoms with Gasteiger partial charge in [-0.3, -0.25) is 4.79 Å². The number of amides is 1. The first kappa shape index (κ1) is 14.0. The number of aromatic nitrogens is 1. The molecule has 2 rings (SSSR count). The van der Waals surface area contributed by atoms with Gasteiger partial charge in [-0.15, -0.1) is 0 Å². The Bertz CT molecular complexity index is 604. The van der Waals surface area contributed by atoms with Gasteiger partial charge >= 0.3 is 0 Å². The van der Waals surface area contributed by atoms with Gasteiger partial charge < -0.3 is 5.32 Å². The lowest BCUT2D eigenvalue weighted by Crippen LogP contribution is -2.13. The van der Waals surface area contributed by atoms with Crippen molar-refractivity contribution in [1.82, 2.24) is 4.98 Å². The number of rotatable bonds is 2. The van der Waals surface area contributed by atoms with E-state index in [0.29, 0.717) is 11.4 Å². The van der Waals surface area contributed by atoms with Crippen LogP contribution < -0.4 is 5.32 Å². The molecule has 1 N–H and O–H groups in total. The number of benzene rings is 1. The number of nitrogens with zero attached hydrogens (tertiary/aromatic N) is 1. The predicted octanol–water partition coefficient (Wildman–Crippen LogP) is 4.46. The Labute approximate surface area is 135 Å². The molecule has 2 aromatic rings. The van der Waals surface area contributed by atoms with Gasteiger partial charge in [0.25, 0.3) is 5.91 Å². The van der Waals surface area contributed by atoms with Gasteiger partial charge in [-0.2, -0.15) is 0 Å². The standard InChI is InChI=1S/C12H7Br2IN2O/c13-7-3-4-16-11(5-7)17-12(18)9-6-8(15)1-2-10(9)14/h1-6H,(H,16,17,18). The predicted molar refractivity (Wildman–Crippen MR) is 86.7 cm³/mol. The minimum Gasteiger partial charge on any atom is -0.306 e. The van der Waals surface area contributed by atoms with E-state index in [4.69, 9.17) is 0 Å². The first-order valence-corrected chi connectivity index (χ1v) is 7.61. The zero-order chi connectivity index (χ0) is 13.1. The average Bonchev–Trinajstić information content (AvgIpc) is 2.32. The maximum Gasteiger partial charge on any atom is 0.257 e. The van der Waals surface area contributed by atoms with E-state index >= 15 is 0 Å². The monoisotopic (exact) mass is 480 g/mol. The van der Waals surface area contributed by atoms with Crippen LogP contribution in [-0.4, -0.2) is 10.9 Å². The first-order valence-electron chi connectivity index (χ1n) is 4.94. The highest BCUT2D eigenvalue weighted by Crippen LogP contribution is 2.21. The summed E-state index contributed by atoms with van der Waals surface area (Å²) in [5, 5.41) is 2.75. The van der Waals surface area contributed by atoms with Crippen LogP contribution in [0.15, 0.2) is 45.5 Å². The van der Waals surface area contributed by atoms with Gasteiger partial charge in [-0.1, -0.05) is 15.9 Å². The number of anilines is 1. The molecular weight excluding hydrogens is 475 g/mol. The summed E-state index contributed by atoms with van der Waals surface area (Å²) < 4.78 is 2.63. The zero-order valence-corrected chi connectivity index (χ0v) is 14.3. The first-order chi connectivity index (χ1) is 8.56. The normalized spacial score (nSPS) is 10.2. The topological polar surface area (TPSA) is 42.0 Å². The van der Waals surface area contributed by atoms with Crippen molar-refractivity contribution in [2.75, 3.05) is 5.32 Å². The minimum absolute atomic E-state index is 0.189. The summed E-state index contributed by atoms with van der Waals surface area (Å²) in [6.45, 7) is 0. The highest BCUT2D eigenvalue weighted by molar-refractivity contribution is 14.1. The van der Waals surface area contributed by atoms with E-state index < -0.39 is 0 Å². The molecule has 0 aliphatic carbocycles. The second-order valence-electron chi connectivity index (χ2n) is 3.44. The van der Waals surface area contributed by atoms with E-state index in [-0.39, 0.29) is 5.91 Å². The quantitative estimate of drug-likeness (QED) is 0.643. The van der Waals surface area contributed by atoms with Crippen molar-refractivity contribution in [2.45, 2.75) is 0 Å². The summed E-state index contributed by atoms with van der Waals surface area (Å²) in [5.41, 5.74) is 0.587. The molecule has 1 aromatic heterocycles. The van der Waals surface area contributed by atoms with Crippen LogP contribution in [0.4, 0.5) is 5.82 Å². The molecule has 0 unspecified atom stereocenters. The number of nitrogens with one attached hydrogen (secondary N) is 1. The molecule has 6 heteroatoms. The molecule has 0 radical (unpaired) electrons. The van der Waals surface area contributed by atoms with Crippen LogP contribution in [0.2, 0.25) is 0 Å². The highest BCUT2D eigenvalue weighted by atomic mass is 127. The number of halogens is 3. The molecule has 0 saturated heterocycles. The van der Waals surface area contributed by atoms with E-state index in [2.05, 4.69) is 64.8 Å².